The summed E-state index contributed by atoms with van der Waals surface area (Å²) >= 11 is 9.70. The Morgan fingerprint density at radius 3 is 2.65 bits per heavy atom. The fourth-order valence-corrected chi connectivity index (χ4v) is 3.02. The molecule has 108 valence electrons. The molecule has 0 saturated heterocycles. The van der Waals surface area contributed by atoms with Gasteiger partial charge in [0.1, 0.15) is 12.4 Å². The SMILES string of the molecule is CCc1cc(OCc2c(Br)c(CC)nn2C)ccc1Cl. The van der Waals surface area contributed by atoms with Crippen molar-refractivity contribution in [3.8, 4) is 5.75 Å². The molecule has 5 heteroatoms. The summed E-state index contributed by atoms with van der Waals surface area (Å²) in [6, 6.07) is 5.77. The number of hydrogen-bond donors (Lipinski definition) is 0. The van der Waals surface area contributed by atoms with Crippen molar-refractivity contribution in [2.24, 2.45) is 7.05 Å². The van der Waals surface area contributed by atoms with Crippen LogP contribution < -0.4 is 4.74 Å². The number of aromatic nitrogens is 2. The van der Waals surface area contributed by atoms with Gasteiger partial charge >= 0.3 is 0 Å². The van der Waals surface area contributed by atoms with Crippen molar-refractivity contribution in [2.75, 3.05) is 0 Å². The third-order valence-corrected chi connectivity index (χ3v) is 4.56. The average Bonchev–Trinajstić information content (AvgIpc) is 2.72. The second-order valence-corrected chi connectivity index (χ2v) is 5.78. The number of aryl methyl sites for hydroxylation is 3. The van der Waals surface area contributed by atoms with Crippen molar-refractivity contribution in [2.45, 2.75) is 33.3 Å². The first-order chi connectivity index (χ1) is 9.56. The van der Waals surface area contributed by atoms with Gasteiger partial charge in [-0.25, -0.2) is 0 Å². The third-order valence-electron chi connectivity index (χ3n) is 3.28. The summed E-state index contributed by atoms with van der Waals surface area (Å²) in [6.45, 7) is 4.65. The van der Waals surface area contributed by atoms with E-state index >= 15 is 0 Å². The number of ether oxygens (including phenoxy) is 1. The van der Waals surface area contributed by atoms with E-state index in [1.807, 2.05) is 29.9 Å². The van der Waals surface area contributed by atoms with E-state index in [1.165, 1.54) is 0 Å². The van der Waals surface area contributed by atoms with Crippen molar-refractivity contribution < 1.29 is 4.74 Å². The second kappa shape index (κ2) is 6.64. The first-order valence-corrected chi connectivity index (χ1v) is 7.85. The number of nitrogens with zero attached hydrogens (tertiary/aromatic N) is 2. The van der Waals surface area contributed by atoms with Crippen molar-refractivity contribution in [3.63, 3.8) is 0 Å². The molecule has 20 heavy (non-hydrogen) atoms. The van der Waals surface area contributed by atoms with Gasteiger partial charge in [0.15, 0.2) is 0 Å². The summed E-state index contributed by atoms with van der Waals surface area (Å²) in [7, 11) is 1.93. The molecule has 2 rings (SSSR count). The highest BCUT2D eigenvalue weighted by Crippen LogP contribution is 2.26. The smallest absolute Gasteiger partial charge is 0.131 e. The lowest BCUT2D eigenvalue weighted by atomic mass is 10.1. The van der Waals surface area contributed by atoms with Crippen LogP contribution in [0.5, 0.6) is 5.75 Å². The molecule has 0 bridgehead atoms. The fraction of sp³-hybridized carbons (Fsp3) is 0.400. The molecule has 1 aromatic carbocycles. The Bertz CT molecular complexity index is 610. The molecule has 1 heterocycles. The predicted molar refractivity (Wildman–Crippen MR) is 85.4 cm³/mol. The van der Waals surface area contributed by atoms with Crippen molar-refractivity contribution in [3.05, 3.63) is 44.6 Å². The largest absolute Gasteiger partial charge is 0.487 e. The van der Waals surface area contributed by atoms with Gasteiger partial charge in [0, 0.05) is 12.1 Å². The van der Waals surface area contributed by atoms with Crippen LogP contribution in [0.25, 0.3) is 0 Å². The summed E-state index contributed by atoms with van der Waals surface area (Å²) in [4.78, 5) is 0. The van der Waals surface area contributed by atoms with Crippen LogP contribution in [0.4, 0.5) is 0 Å². The van der Waals surface area contributed by atoms with Gasteiger partial charge in [-0.1, -0.05) is 25.4 Å². The minimum Gasteiger partial charge on any atom is -0.487 e. The summed E-state index contributed by atoms with van der Waals surface area (Å²) in [6.07, 6.45) is 1.79. The summed E-state index contributed by atoms with van der Waals surface area (Å²) in [5, 5.41) is 5.24. The Morgan fingerprint density at radius 2 is 2.05 bits per heavy atom. The fourth-order valence-electron chi connectivity index (χ4n) is 2.04. The molecule has 0 fully saturated rings. The van der Waals surface area contributed by atoms with Gasteiger partial charge in [-0.05, 0) is 52.5 Å². The quantitative estimate of drug-likeness (QED) is 0.785. The molecule has 0 radical (unpaired) electrons. The zero-order valence-electron chi connectivity index (χ0n) is 11.9. The molecule has 0 saturated carbocycles. The normalized spacial score (nSPS) is 10.8. The third kappa shape index (κ3) is 3.18. The predicted octanol–water partition coefficient (Wildman–Crippen LogP) is 4.54. The van der Waals surface area contributed by atoms with Crippen molar-refractivity contribution in [1.82, 2.24) is 9.78 Å². The van der Waals surface area contributed by atoms with Crippen LogP contribution >= 0.6 is 27.5 Å². The van der Waals surface area contributed by atoms with Gasteiger partial charge in [0.2, 0.25) is 0 Å². The topological polar surface area (TPSA) is 27.1 Å². The minimum atomic E-state index is 0.481. The highest BCUT2D eigenvalue weighted by molar-refractivity contribution is 9.10. The van der Waals surface area contributed by atoms with Crippen molar-refractivity contribution in [1.29, 1.82) is 0 Å². The Hall–Kier alpha value is -1.00. The van der Waals surface area contributed by atoms with Crippen LogP contribution in [0.3, 0.4) is 0 Å². The highest BCUT2D eigenvalue weighted by atomic mass is 79.9. The highest BCUT2D eigenvalue weighted by Gasteiger charge is 2.13. The van der Waals surface area contributed by atoms with Crippen LogP contribution in [0.2, 0.25) is 5.02 Å². The molecule has 0 aliphatic rings. The molecule has 0 spiro atoms. The maximum Gasteiger partial charge on any atom is 0.131 e. The van der Waals surface area contributed by atoms with E-state index in [9.17, 15) is 0 Å². The molecule has 0 unspecified atom stereocenters. The Kier molecular flexibility index (Phi) is 5.11. The lowest BCUT2D eigenvalue weighted by molar-refractivity contribution is 0.294. The summed E-state index contributed by atoms with van der Waals surface area (Å²) in [5.74, 6) is 0.831. The van der Waals surface area contributed by atoms with E-state index in [0.29, 0.717) is 6.61 Å². The van der Waals surface area contributed by atoms with Crippen molar-refractivity contribution >= 4 is 27.5 Å². The molecule has 0 atom stereocenters. The van der Waals surface area contributed by atoms with Gasteiger partial charge in [-0.15, -0.1) is 0 Å². The molecule has 0 aliphatic heterocycles. The lowest BCUT2D eigenvalue weighted by Gasteiger charge is -2.09. The van der Waals surface area contributed by atoms with E-state index in [1.54, 1.807) is 0 Å². The van der Waals surface area contributed by atoms with Gasteiger partial charge in [0.05, 0.1) is 15.9 Å². The standard InChI is InChI=1S/C15H18BrClN2O/c1-4-10-8-11(6-7-12(10)17)20-9-14-15(16)13(5-2)18-19(14)3/h6-8H,4-5,9H2,1-3H3. The number of hydrogen-bond acceptors (Lipinski definition) is 2. The molecule has 0 aliphatic carbocycles. The zero-order chi connectivity index (χ0) is 14.7. The molecule has 3 nitrogen and oxygen atoms in total. The minimum absolute atomic E-state index is 0.481. The van der Waals surface area contributed by atoms with Gasteiger partial charge in [-0.3, -0.25) is 4.68 Å². The molecule has 1 aromatic heterocycles. The molecular weight excluding hydrogens is 340 g/mol. The van der Waals surface area contributed by atoms with E-state index in [4.69, 9.17) is 16.3 Å². The lowest BCUT2D eigenvalue weighted by Crippen LogP contribution is -2.04. The number of benzene rings is 1. The number of rotatable bonds is 5. The zero-order valence-corrected chi connectivity index (χ0v) is 14.3. The van der Waals surface area contributed by atoms with Crippen LogP contribution in [0, 0.1) is 0 Å². The van der Waals surface area contributed by atoms with E-state index in [2.05, 4.69) is 34.9 Å². The summed E-state index contributed by atoms with van der Waals surface area (Å²) in [5.41, 5.74) is 3.19. The molecule has 2 aromatic rings. The maximum atomic E-state index is 6.11. The Balaban J connectivity index is 2.15. The van der Waals surface area contributed by atoms with E-state index in [0.717, 1.165) is 45.0 Å². The Morgan fingerprint density at radius 1 is 1.30 bits per heavy atom. The number of halogens is 2. The van der Waals surface area contributed by atoms with Gasteiger partial charge in [0.25, 0.3) is 0 Å². The first kappa shape index (κ1) is 15.4. The second-order valence-electron chi connectivity index (χ2n) is 4.58. The summed E-state index contributed by atoms with van der Waals surface area (Å²) < 4.78 is 8.75. The van der Waals surface area contributed by atoms with Gasteiger partial charge < -0.3 is 4.74 Å². The maximum absolute atomic E-state index is 6.11. The average molecular weight is 358 g/mol. The monoisotopic (exact) mass is 356 g/mol. The van der Waals surface area contributed by atoms with Gasteiger partial charge in [-0.2, -0.15) is 5.10 Å². The molecule has 0 N–H and O–H groups in total. The van der Waals surface area contributed by atoms with E-state index in [-0.39, 0.29) is 0 Å². The Labute approximate surface area is 133 Å². The molecular formula is C15H18BrClN2O. The van der Waals surface area contributed by atoms with E-state index < -0.39 is 0 Å². The first-order valence-electron chi connectivity index (χ1n) is 6.68. The van der Waals surface area contributed by atoms with Crippen LogP contribution in [0.1, 0.15) is 30.8 Å². The van der Waals surface area contributed by atoms with Crippen LogP contribution in [-0.4, -0.2) is 9.78 Å². The van der Waals surface area contributed by atoms with Crippen LogP contribution in [-0.2, 0) is 26.5 Å². The molecule has 0 amide bonds. The van der Waals surface area contributed by atoms with Crippen LogP contribution in [0.15, 0.2) is 22.7 Å².